The first-order valence-corrected chi connectivity index (χ1v) is 7.62. The van der Waals surface area contributed by atoms with Crippen LogP contribution in [0.2, 0.25) is 10.0 Å². The second-order valence-electron chi connectivity index (χ2n) is 5.03. The lowest BCUT2D eigenvalue weighted by atomic mass is 10.1. The fourth-order valence-electron chi connectivity index (χ4n) is 1.95. The molecule has 0 aliphatic carbocycles. The number of anilines is 2. The second-order valence-corrected chi connectivity index (χ2v) is 5.81. The highest BCUT2D eigenvalue weighted by atomic mass is 35.5. The molecule has 0 aliphatic rings. The van der Waals surface area contributed by atoms with E-state index in [1.807, 2.05) is 26.0 Å². The average Bonchev–Trinajstić information content (AvgIpc) is 2.48. The summed E-state index contributed by atoms with van der Waals surface area (Å²) in [4.78, 5) is 11.8. The van der Waals surface area contributed by atoms with Crippen LogP contribution in [-0.2, 0) is 0 Å². The van der Waals surface area contributed by atoms with Gasteiger partial charge in [0.05, 0.1) is 10.7 Å². The predicted molar refractivity (Wildman–Crippen MR) is 94.4 cm³/mol. The quantitative estimate of drug-likeness (QED) is 0.564. The minimum atomic E-state index is -0.409. The molecule has 0 atom stereocenters. The van der Waals surface area contributed by atoms with E-state index in [1.165, 1.54) is 0 Å². The van der Waals surface area contributed by atoms with Crippen LogP contribution in [0.1, 0.15) is 11.1 Å². The van der Waals surface area contributed by atoms with Gasteiger partial charge in [0, 0.05) is 10.7 Å². The zero-order chi connectivity index (χ0) is 17.0. The molecule has 0 fully saturated rings. The lowest BCUT2D eigenvalue weighted by Gasteiger charge is -2.12. The van der Waals surface area contributed by atoms with Gasteiger partial charge in [-0.15, -0.1) is 0 Å². The molecule has 0 spiro atoms. The fraction of sp³-hybridized carbons (Fsp3) is 0.188. The Morgan fingerprint density at radius 1 is 1.17 bits per heavy atom. The first-order valence-electron chi connectivity index (χ1n) is 6.86. The van der Waals surface area contributed by atoms with Crippen LogP contribution < -0.4 is 21.1 Å². The maximum Gasteiger partial charge on any atom is 0.321 e. The molecular formula is C16H17Cl2N3O2. The summed E-state index contributed by atoms with van der Waals surface area (Å²) in [6.45, 7) is 3.81. The second kappa shape index (κ2) is 7.44. The Hall–Kier alpha value is -2.11. The molecule has 5 nitrogen and oxygen atoms in total. The van der Waals surface area contributed by atoms with Crippen molar-refractivity contribution in [1.82, 2.24) is 5.32 Å². The first kappa shape index (κ1) is 17.2. The number of aryl methyl sites for hydroxylation is 2. The highest BCUT2D eigenvalue weighted by Crippen LogP contribution is 2.25. The number of amides is 2. The molecule has 0 aliphatic heterocycles. The molecule has 0 saturated carbocycles. The van der Waals surface area contributed by atoms with Gasteiger partial charge in [0.2, 0.25) is 0 Å². The van der Waals surface area contributed by atoms with Crippen molar-refractivity contribution >= 4 is 40.6 Å². The van der Waals surface area contributed by atoms with Gasteiger partial charge in [-0.1, -0.05) is 23.2 Å². The Kier molecular flexibility index (Phi) is 5.58. The third-order valence-corrected chi connectivity index (χ3v) is 4.06. The van der Waals surface area contributed by atoms with Gasteiger partial charge in [0.25, 0.3) is 0 Å². The minimum absolute atomic E-state index is 0.0229. The summed E-state index contributed by atoms with van der Waals surface area (Å²) in [5, 5.41) is 6.32. The summed E-state index contributed by atoms with van der Waals surface area (Å²) in [5.74, 6) is 0.639. The molecule has 2 aromatic rings. The number of hydrogen-bond donors (Lipinski definition) is 3. The van der Waals surface area contributed by atoms with E-state index in [1.54, 1.807) is 18.2 Å². The summed E-state index contributed by atoms with van der Waals surface area (Å²) in [6.07, 6.45) is 0. The average molecular weight is 354 g/mol. The molecule has 4 N–H and O–H groups in total. The van der Waals surface area contributed by atoms with Crippen LogP contribution in [0.25, 0.3) is 0 Å². The molecule has 0 bridgehead atoms. The first-order chi connectivity index (χ1) is 10.9. The summed E-state index contributed by atoms with van der Waals surface area (Å²) in [7, 11) is 0. The molecule has 2 amide bonds. The summed E-state index contributed by atoms with van der Waals surface area (Å²) in [5.41, 5.74) is 8.44. The summed E-state index contributed by atoms with van der Waals surface area (Å²) < 4.78 is 5.50. The van der Waals surface area contributed by atoms with Crippen molar-refractivity contribution in [1.29, 1.82) is 0 Å². The van der Waals surface area contributed by atoms with E-state index in [9.17, 15) is 4.79 Å². The van der Waals surface area contributed by atoms with E-state index in [0.29, 0.717) is 27.2 Å². The van der Waals surface area contributed by atoms with E-state index in [4.69, 9.17) is 33.7 Å². The Balaban J connectivity index is 1.86. The van der Waals surface area contributed by atoms with Crippen molar-refractivity contribution in [3.8, 4) is 5.75 Å². The predicted octanol–water partition coefficient (Wildman–Crippen LogP) is 4.35. The number of nitrogens with two attached hydrogens (primary N) is 1. The molecule has 2 rings (SSSR count). The summed E-state index contributed by atoms with van der Waals surface area (Å²) in [6, 6.07) is 8.07. The Morgan fingerprint density at radius 3 is 2.43 bits per heavy atom. The topological polar surface area (TPSA) is 76.4 Å². The van der Waals surface area contributed by atoms with Crippen molar-refractivity contribution in [3.05, 3.63) is 51.5 Å². The van der Waals surface area contributed by atoms with Crippen LogP contribution in [0.4, 0.5) is 16.2 Å². The van der Waals surface area contributed by atoms with E-state index >= 15 is 0 Å². The number of urea groups is 1. The Morgan fingerprint density at radius 2 is 1.83 bits per heavy atom. The van der Waals surface area contributed by atoms with Crippen LogP contribution in [0.15, 0.2) is 30.3 Å². The van der Waals surface area contributed by atoms with Gasteiger partial charge in [-0.2, -0.15) is 0 Å². The number of halogens is 2. The standard InChI is InChI=1S/C16H17Cl2N3O2/c1-9-5-12(6-10(2)15(9)18)23-8-20-16(22)21-11-3-4-14(19)13(17)7-11/h3-7H,8,19H2,1-2H3,(H2,20,21,22). The van der Waals surface area contributed by atoms with E-state index in [2.05, 4.69) is 10.6 Å². The molecule has 0 aromatic heterocycles. The lowest BCUT2D eigenvalue weighted by Crippen LogP contribution is -2.32. The van der Waals surface area contributed by atoms with Gasteiger partial charge >= 0.3 is 6.03 Å². The highest BCUT2D eigenvalue weighted by molar-refractivity contribution is 6.33. The van der Waals surface area contributed by atoms with Crippen LogP contribution in [0, 0.1) is 13.8 Å². The number of carbonyl (C=O) groups is 1. The number of hydrogen-bond acceptors (Lipinski definition) is 3. The molecule has 122 valence electrons. The van der Waals surface area contributed by atoms with Crippen molar-refractivity contribution in [2.45, 2.75) is 13.8 Å². The molecule has 0 radical (unpaired) electrons. The SMILES string of the molecule is Cc1cc(OCNC(=O)Nc2ccc(N)c(Cl)c2)cc(C)c1Cl. The van der Waals surface area contributed by atoms with Crippen molar-refractivity contribution in [2.24, 2.45) is 0 Å². The lowest BCUT2D eigenvalue weighted by molar-refractivity contribution is 0.234. The molecule has 7 heteroatoms. The maximum absolute atomic E-state index is 11.8. The van der Waals surface area contributed by atoms with E-state index in [-0.39, 0.29) is 6.73 Å². The maximum atomic E-state index is 11.8. The number of ether oxygens (including phenoxy) is 1. The molecule has 0 saturated heterocycles. The van der Waals surface area contributed by atoms with Crippen LogP contribution in [0.5, 0.6) is 5.75 Å². The van der Waals surface area contributed by atoms with Crippen LogP contribution in [-0.4, -0.2) is 12.8 Å². The number of nitrogens with one attached hydrogen (secondary N) is 2. The summed E-state index contributed by atoms with van der Waals surface area (Å²) >= 11 is 12.0. The van der Waals surface area contributed by atoms with Crippen LogP contribution in [0.3, 0.4) is 0 Å². The molecule has 0 heterocycles. The van der Waals surface area contributed by atoms with Crippen LogP contribution >= 0.6 is 23.2 Å². The smallest absolute Gasteiger partial charge is 0.321 e. The monoisotopic (exact) mass is 353 g/mol. The van der Waals surface area contributed by atoms with Gasteiger partial charge in [0.15, 0.2) is 6.73 Å². The molecule has 0 unspecified atom stereocenters. The van der Waals surface area contributed by atoms with Crippen molar-refractivity contribution in [3.63, 3.8) is 0 Å². The van der Waals surface area contributed by atoms with Gasteiger partial charge in [-0.3, -0.25) is 0 Å². The van der Waals surface area contributed by atoms with Gasteiger partial charge in [0.1, 0.15) is 5.75 Å². The largest absolute Gasteiger partial charge is 0.473 e. The highest BCUT2D eigenvalue weighted by Gasteiger charge is 2.06. The Bertz CT molecular complexity index is 712. The van der Waals surface area contributed by atoms with E-state index < -0.39 is 6.03 Å². The van der Waals surface area contributed by atoms with Crippen molar-refractivity contribution in [2.75, 3.05) is 17.8 Å². The van der Waals surface area contributed by atoms with Crippen molar-refractivity contribution < 1.29 is 9.53 Å². The van der Waals surface area contributed by atoms with E-state index in [0.717, 1.165) is 11.1 Å². The Labute approximate surface area is 144 Å². The van der Waals surface area contributed by atoms with Gasteiger partial charge in [-0.05, 0) is 55.3 Å². The normalized spacial score (nSPS) is 10.3. The number of rotatable bonds is 4. The van der Waals surface area contributed by atoms with Gasteiger partial charge < -0.3 is 21.1 Å². The number of carbonyl (C=O) groups excluding carboxylic acids is 1. The molecule has 23 heavy (non-hydrogen) atoms. The number of nitrogen functional groups attached to an aromatic ring is 1. The number of benzene rings is 2. The molecular weight excluding hydrogens is 337 g/mol. The van der Waals surface area contributed by atoms with Gasteiger partial charge in [-0.25, -0.2) is 4.79 Å². The third kappa shape index (κ3) is 4.68. The minimum Gasteiger partial charge on any atom is -0.473 e. The zero-order valence-electron chi connectivity index (χ0n) is 12.7. The molecule has 2 aromatic carbocycles. The zero-order valence-corrected chi connectivity index (χ0v) is 14.3. The third-order valence-electron chi connectivity index (χ3n) is 3.14. The fourth-order valence-corrected chi connectivity index (χ4v) is 2.24.